The van der Waals surface area contributed by atoms with E-state index in [1.165, 1.54) is 0 Å². The smallest absolute Gasteiger partial charge is 0.408 e. The average Bonchev–Trinajstić information content (AvgIpc) is 3.37. The molecule has 3 amide bonds. The van der Waals surface area contributed by atoms with Gasteiger partial charge >= 0.3 is 12.1 Å². The number of nitrogens with one attached hydrogen (secondary N) is 3. The Kier molecular flexibility index (Phi) is 11.0. The topological polar surface area (TPSA) is 134 Å². The zero-order chi connectivity index (χ0) is 29.2. The number of carboxylic acid groups (broad SMARTS) is 1. The lowest BCUT2D eigenvalue weighted by Crippen LogP contribution is -2.53. The minimum absolute atomic E-state index is 0.0107. The van der Waals surface area contributed by atoms with Crippen LogP contribution in [0, 0.1) is 11.8 Å². The lowest BCUT2D eigenvalue weighted by atomic mass is 9.84. The van der Waals surface area contributed by atoms with Crippen LogP contribution in [0.15, 0.2) is 54.6 Å². The van der Waals surface area contributed by atoms with Crippen molar-refractivity contribution in [3.63, 3.8) is 0 Å². The van der Waals surface area contributed by atoms with Crippen molar-refractivity contribution >= 4 is 35.5 Å². The van der Waals surface area contributed by atoms with Crippen LogP contribution in [0.1, 0.15) is 68.6 Å². The summed E-state index contributed by atoms with van der Waals surface area (Å²) in [7, 11) is 0. The Hall–Kier alpha value is -3.59. The van der Waals surface area contributed by atoms with Gasteiger partial charge < -0.3 is 25.8 Å². The van der Waals surface area contributed by atoms with E-state index in [2.05, 4.69) is 16.0 Å². The van der Waals surface area contributed by atoms with Crippen molar-refractivity contribution < 1.29 is 29.0 Å². The summed E-state index contributed by atoms with van der Waals surface area (Å²) in [4.78, 5) is 50.7. The first kappa shape index (κ1) is 30.4. The van der Waals surface area contributed by atoms with E-state index in [4.69, 9.17) is 16.3 Å². The molecule has 1 aliphatic carbocycles. The molecule has 0 aromatic heterocycles. The molecule has 2 aromatic carbocycles. The van der Waals surface area contributed by atoms with Crippen LogP contribution in [0.4, 0.5) is 4.79 Å². The molecule has 10 heteroatoms. The van der Waals surface area contributed by atoms with E-state index in [1.807, 2.05) is 48.5 Å². The van der Waals surface area contributed by atoms with Crippen molar-refractivity contribution in [2.75, 3.05) is 6.54 Å². The molecule has 2 unspecified atom stereocenters. The highest BCUT2D eigenvalue weighted by Crippen LogP contribution is 2.28. The van der Waals surface area contributed by atoms with Crippen LogP contribution in [0.25, 0.3) is 0 Å². The van der Waals surface area contributed by atoms with Gasteiger partial charge in [-0.1, -0.05) is 86.2 Å². The van der Waals surface area contributed by atoms with Crippen molar-refractivity contribution in [2.24, 2.45) is 11.8 Å². The van der Waals surface area contributed by atoms with E-state index in [0.29, 0.717) is 30.8 Å². The molecule has 1 saturated heterocycles. The normalized spacial score (nSPS) is 19.4. The van der Waals surface area contributed by atoms with E-state index in [9.17, 15) is 24.3 Å². The van der Waals surface area contributed by atoms with Crippen LogP contribution in [0.5, 0.6) is 0 Å². The summed E-state index contributed by atoms with van der Waals surface area (Å²) in [6, 6.07) is 14.4. The monoisotopic (exact) mass is 583 g/mol. The molecule has 1 heterocycles. The molecule has 4 atom stereocenters. The van der Waals surface area contributed by atoms with E-state index in [1.54, 1.807) is 6.07 Å². The quantitative estimate of drug-likeness (QED) is 0.284. The number of aliphatic carboxylic acids is 1. The third-order valence-corrected chi connectivity index (χ3v) is 8.17. The molecule has 9 nitrogen and oxygen atoms in total. The lowest BCUT2D eigenvalue weighted by molar-refractivity contribution is -0.143. The number of ether oxygens (including phenoxy) is 1. The largest absolute Gasteiger partial charge is 0.480 e. The number of carboxylic acids is 1. The molecular weight excluding hydrogens is 546 g/mol. The van der Waals surface area contributed by atoms with Gasteiger partial charge in [-0.2, -0.15) is 0 Å². The fourth-order valence-corrected chi connectivity index (χ4v) is 5.93. The minimum atomic E-state index is -1.25. The first-order valence-corrected chi connectivity index (χ1v) is 14.7. The van der Waals surface area contributed by atoms with Gasteiger partial charge in [0.25, 0.3) is 0 Å². The molecular formula is C31H38ClN3O6. The zero-order valence-electron chi connectivity index (χ0n) is 23.0. The number of halogens is 1. The molecule has 0 bridgehead atoms. The summed E-state index contributed by atoms with van der Waals surface area (Å²) in [5.74, 6) is -2.28. The van der Waals surface area contributed by atoms with Gasteiger partial charge in [0, 0.05) is 23.9 Å². The molecule has 4 rings (SSSR count). The molecule has 2 aromatic rings. The lowest BCUT2D eigenvalue weighted by Gasteiger charge is -2.28. The van der Waals surface area contributed by atoms with Gasteiger partial charge in [-0.15, -0.1) is 0 Å². The molecule has 0 spiro atoms. The maximum Gasteiger partial charge on any atom is 0.408 e. The van der Waals surface area contributed by atoms with Crippen molar-refractivity contribution in [3.8, 4) is 0 Å². The number of alkyl carbamates (subject to hydrolysis) is 1. The summed E-state index contributed by atoms with van der Waals surface area (Å²) < 4.78 is 5.88. The van der Waals surface area contributed by atoms with Crippen LogP contribution >= 0.6 is 11.6 Å². The molecule has 2 aliphatic rings. The molecule has 220 valence electrons. The van der Waals surface area contributed by atoms with E-state index in [0.717, 1.165) is 43.2 Å². The standard InChI is InChI=1S/C31H38ClN3O6/c32-24-13-7-10-21(16-24)18-27(22-11-5-2-6-12-22)41-31(40)35-25(17-20-8-3-1-4-9-20)29(37)34-26(30(38)39)19-23-14-15-33-28(23)36/h2,5-7,10-13,16,20,23,25-27H,1,3-4,8-9,14-15,17-19H2,(H,33,36)(H,34,37)(H,35,40)(H,38,39)/t23?,25-,26-,27?/m0/s1. The second-order valence-electron chi connectivity index (χ2n) is 11.0. The van der Waals surface area contributed by atoms with Gasteiger partial charge in [-0.05, 0) is 48.4 Å². The van der Waals surface area contributed by atoms with Crippen LogP contribution in [0.3, 0.4) is 0 Å². The third kappa shape index (κ3) is 9.21. The number of rotatable bonds is 12. The highest BCUT2D eigenvalue weighted by molar-refractivity contribution is 6.30. The summed E-state index contributed by atoms with van der Waals surface area (Å²) in [6.07, 6.45) is 4.96. The van der Waals surface area contributed by atoms with Crippen LogP contribution in [-0.4, -0.2) is 47.6 Å². The molecule has 1 aliphatic heterocycles. The number of carbonyl (C=O) groups excluding carboxylic acids is 3. The third-order valence-electron chi connectivity index (χ3n) is 7.93. The number of amides is 3. The number of carbonyl (C=O) groups is 4. The summed E-state index contributed by atoms with van der Waals surface area (Å²) in [5, 5.41) is 18.4. The highest BCUT2D eigenvalue weighted by atomic mass is 35.5. The second kappa shape index (κ2) is 14.9. The second-order valence-corrected chi connectivity index (χ2v) is 11.4. The fourth-order valence-electron chi connectivity index (χ4n) is 5.71. The highest BCUT2D eigenvalue weighted by Gasteiger charge is 2.34. The van der Waals surface area contributed by atoms with Crippen LogP contribution in [-0.2, 0) is 25.5 Å². The Bertz CT molecular complexity index is 1200. The molecule has 1 saturated carbocycles. The molecule has 2 fully saturated rings. The Labute approximate surface area is 245 Å². The molecule has 41 heavy (non-hydrogen) atoms. The average molecular weight is 584 g/mol. The molecule has 0 radical (unpaired) electrons. The number of hydrogen-bond acceptors (Lipinski definition) is 5. The van der Waals surface area contributed by atoms with Gasteiger partial charge in [0.05, 0.1) is 0 Å². The van der Waals surface area contributed by atoms with Gasteiger partial charge in [0.1, 0.15) is 18.2 Å². The van der Waals surface area contributed by atoms with E-state index < -0.39 is 42.1 Å². The molecule has 4 N–H and O–H groups in total. The first-order valence-electron chi connectivity index (χ1n) is 14.4. The van der Waals surface area contributed by atoms with Gasteiger partial charge in [-0.3, -0.25) is 9.59 Å². The Balaban J connectivity index is 1.47. The first-order chi connectivity index (χ1) is 19.8. The van der Waals surface area contributed by atoms with Crippen molar-refractivity contribution in [1.29, 1.82) is 0 Å². The van der Waals surface area contributed by atoms with Crippen molar-refractivity contribution in [1.82, 2.24) is 16.0 Å². The number of hydrogen-bond donors (Lipinski definition) is 4. The maximum atomic E-state index is 13.4. The van der Waals surface area contributed by atoms with Crippen LogP contribution < -0.4 is 16.0 Å². The van der Waals surface area contributed by atoms with E-state index in [-0.39, 0.29) is 18.2 Å². The predicted molar refractivity (Wildman–Crippen MR) is 154 cm³/mol. The number of benzene rings is 2. The SMILES string of the molecule is O=C(N[C@@H](CC1CCCCC1)C(=O)N[C@@H](CC1CCNC1=O)C(=O)O)OC(Cc1cccc(Cl)c1)c1ccccc1. The van der Waals surface area contributed by atoms with Crippen molar-refractivity contribution in [3.05, 3.63) is 70.7 Å². The minimum Gasteiger partial charge on any atom is -0.480 e. The van der Waals surface area contributed by atoms with Crippen molar-refractivity contribution in [2.45, 2.75) is 76.0 Å². The van der Waals surface area contributed by atoms with Gasteiger partial charge in [0.2, 0.25) is 11.8 Å². The van der Waals surface area contributed by atoms with E-state index >= 15 is 0 Å². The summed E-state index contributed by atoms with van der Waals surface area (Å²) in [6.45, 7) is 0.485. The Morgan fingerprint density at radius 2 is 1.71 bits per heavy atom. The summed E-state index contributed by atoms with van der Waals surface area (Å²) in [5.41, 5.74) is 1.67. The Morgan fingerprint density at radius 3 is 2.37 bits per heavy atom. The maximum absolute atomic E-state index is 13.4. The van der Waals surface area contributed by atoms with Gasteiger partial charge in [-0.25, -0.2) is 9.59 Å². The summed E-state index contributed by atoms with van der Waals surface area (Å²) >= 11 is 6.17. The van der Waals surface area contributed by atoms with Gasteiger partial charge in [0.15, 0.2) is 0 Å². The Morgan fingerprint density at radius 1 is 0.951 bits per heavy atom. The fraction of sp³-hybridized carbons (Fsp3) is 0.484. The van der Waals surface area contributed by atoms with Crippen LogP contribution in [0.2, 0.25) is 5.02 Å². The predicted octanol–water partition coefficient (Wildman–Crippen LogP) is 4.78. The zero-order valence-corrected chi connectivity index (χ0v) is 23.8.